The first-order valence-electron chi connectivity index (χ1n) is 9.95. The summed E-state index contributed by atoms with van der Waals surface area (Å²) >= 11 is 0. The lowest BCUT2D eigenvalue weighted by atomic mass is 9.73. The molecule has 6 heteroatoms. The molecule has 2 aromatic carbocycles. The van der Waals surface area contributed by atoms with Gasteiger partial charge >= 0.3 is 5.97 Å². The number of piperidine rings is 1. The number of carbonyl (C=O) groups excluding carboxylic acids is 1. The number of nitrogens with zero attached hydrogens (tertiary/aromatic N) is 1. The smallest absolute Gasteiger partial charge is 0.312 e. The van der Waals surface area contributed by atoms with Crippen molar-refractivity contribution in [3.8, 4) is 11.5 Å². The van der Waals surface area contributed by atoms with Gasteiger partial charge in [0, 0.05) is 6.54 Å². The molecule has 2 aromatic rings. The Morgan fingerprint density at radius 3 is 2.55 bits per heavy atom. The van der Waals surface area contributed by atoms with Crippen molar-refractivity contribution in [3.05, 3.63) is 59.4 Å². The highest BCUT2D eigenvalue weighted by Crippen LogP contribution is 2.37. The summed E-state index contributed by atoms with van der Waals surface area (Å²) in [7, 11) is 1.52. The lowest BCUT2D eigenvalue weighted by molar-refractivity contribution is -0.158. The van der Waals surface area contributed by atoms with Crippen molar-refractivity contribution in [3.63, 3.8) is 0 Å². The summed E-state index contributed by atoms with van der Waals surface area (Å²) in [6.07, 6.45) is 1.76. The maximum atomic E-state index is 13.6. The molecule has 3 rings (SSSR count). The van der Waals surface area contributed by atoms with Gasteiger partial charge in [-0.2, -0.15) is 0 Å². The third kappa shape index (κ3) is 5.07. The van der Waals surface area contributed by atoms with Gasteiger partial charge in [-0.1, -0.05) is 18.2 Å². The van der Waals surface area contributed by atoms with E-state index >= 15 is 0 Å². The van der Waals surface area contributed by atoms with Crippen LogP contribution in [0.4, 0.5) is 4.39 Å². The van der Waals surface area contributed by atoms with Crippen LogP contribution in [0, 0.1) is 11.2 Å². The molecule has 5 nitrogen and oxygen atoms in total. The Morgan fingerprint density at radius 1 is 1.17 bits per heavy atom. The number of rotatable bonds is 7. The normalized spacial score (nSPS) is 16.4. The number of esters is 1. The highest BCUT2D eigenvalue weighted by molar-refractivity contribution is 5.77. The summed E-state index contributed by atoms with van der Waals surface area (Å²) in [6, 6.07) is 11.8. The third-order valence-corrected chi connectivity index (χ3v) is 5.60. The van der Waals surface area contributed by atoms with Crippen LogP contribution in [0.3, 0.4) is 0 Å². The number of aromatic hydroxyl groups is 1. The van der Waals surface area contributed by atoms with Gasteiger partial charge in [-0.25, -0.2) is 4.39 Å². The van der Waals surface area contributed by atoms with E-state index in [1.807, 2.05) is 12.1 Å². The minimum absolute atomic E-state index is 0.119. The second kappa shape index (κ2) is 9.27. The van der Waals surface area contributed by atoms with E-state index in [1.54, 1.807) is 25.1 Å². The molecule has 1 fully saturated rings. The second-order valence-electron chi connectivity index (χ2n) is 7.59. The maximum Gasteiger partial charge on any atom is 0.312 e. The topological polar surface area (TPSA) is 59.0 Å². The van der Waals surface area contributed by atoms with Crippen molar-refractivity contribution in [2.75, 3.05) is 26.8 Å². The summed E-state index contributed by atoms with van der Waals surface area (Å²) in [6.45, 7) is 4.26. The van der Waals surface area contributed by atoms with E-state index in [0.717, 1.165) is 24.2 Å². The molecule has 1 N–H and O–H groups in total. The van der Waals surface area contributed by atoms with Crippen LogP contribution < -0.4 is 4.74 Å². The third-order valence-electron chi connectivity index (χ3n) is 5.60. The average Bonchev–Trinajstić information content (AvgIpc) is 2.70. The first-order valence-corrected chi connectivity index (χ1v) is 9.95. The van der Waals surface area contributed by atoms with Gasteiger partial charge in [0.1, 0.15) is 5.82 Å². The number of phenolic OH excluding ortho intramolecular Hbond substituents is 1. The molecule has 1 aliphatic heterocycles. The molecular formula is C23H28FNO4. The molecule has 1 aliphatic rings. The summed E-state index contributed by atoms with van der Waals surface area (Å²) in [5.74, 6) is 0.0714. The van der Waals surface area contributed by atoms with Gasteiger partial charge in [-0.05, 0) is 74.7 Å². The zero-order valence-corrected chi connectivity index (χ0v) is 17.0. The van der Waals surface area contributed by atoms with Crippen molar-refractivity contribution in [1.82, 2.24) is 4.90 Å². The maximum absolute atomic E-state index is 13.6. The van der Waals surface area contributed by atoms with Gasteiger partial charge < -0.3 is 14.6 Å². The minimum Gasteiger partial charge on any atom is -0.504 e. The average molecular weight is 401 g/mol. The quantitative estimate of drug-likeness (QED) is 0.713. The van der Waals surface area contributed by atoms with E-state index < -0.39 is 5.41 Å². The predicted octanol–water partition coefficient (Wildman–Crippen LogP) is 3.93. The first kappa shape index (κ1) is 21.1. The Hall–Kier alpha value is -2.60. The Kier molecular flexibility index (Phi) is 6.75. The Balaban J connectivity index is 1.70. The molecule has 0 unspecified atom stereocenters. The van der Waals surface area contributed by atoms with Gasteiger partial charge in [0.05, 0.1) is 19.1 Å². The number of phenols is 1. The highest BCUT2D eigenvalue weighted by atomic mass is 19.1. The second-order valence-corrected chi connectivity index (χ2v) is 7.59. The summed E-state index contributed by atoms with van der Waals surface area (Å²) in [5, 5.41) is 9.99. The van der Waals surface area contributed by atoms with Gasteiger partial charge in [-0.15, -0.1) is 0 Å². The number of ether oxygens (including phenoxy) is 2. The number of hydrogen-bond donors (Lipinski definition) is 1. The Morgan fingerprint density at radius 2 is 1.93 bits per heavy atom. The van der Waals surface area contributed by atoms with Gasteiger partial charge in [0.2, 0.25) is 0 Å². The van der Waals surface area contributed by atoms with Crippen molar-refractivity contribution in [2.45, 2.75) is 32.7 Å². The molecule has 29 heavy (non-hydrogen) atoms. The van der Waals surface area contributed by atoms with E-state index in [0.29, 0.717) is 38.2 Å². The molecule has 1 heterocycles. The number of hydrogen-bond acceptors (Lipinski definition) is 5. The van der Waals surface area contributed by atoms with Crippen LogP contribution >= 0.6 is 0 Å². The van der Waals surface area contributed by atoms with Gasteiger partial charge in [-0.3, -0.25) is 9.69 Å². The number of halogens is 1. The molecule has 1 saturated heterocycles. The van der Waals surface area contributed by atoms with E-state index in [2.05, 4.69) is 4.90 Å². The van der Waals surface area contributed by atoms with Gasteiger partial charge in [0.15, 0.2) is 11.5 Å². The fourth-order valence-electron chi connectivity index (χ4n) is 4.01. The molecule has 0 aliphatic carbocycles. The summed E-state index contributed by atoms with van der Waals surface area (Å²) < 4.78 is 24.1. The monoisotopic (exact) mass is 401 g/mol. The molecule has 0 radical (unpaired) electrons. The molecule has 0 amide bonds. The van der Waals surface area contributed by atoms with Crippen LogP contribution in [0.15, 0.2) is 42.5 Å². The molecule has 0 aromatic heterocycles. The summed E-state index contributed by atoms with van der Waals surface area (Å²) in [5.41, 5.74) is 1.16. The number of methoxy groups -OCH3 is 1. The van der Waals surface area contributed by atoms with Crippen molar-refractivity contribution >= 4 is 5.97 Å². The SMILES string of the molecule is CCOC(=O)C1(Cc2cccc(F)c2)CCN(Cc2ccc(OC)c(O)c2)CC1. The van der Waals surface area contributed by atoms with E-state index in [9.17, 15) is 14.3 Å². The molecule has 0 spiro atoms. The lowest BCUT2D eigenvalue weighted by Gasteiger charge is -2.40. The van der Waals surface area contributed by atoms with Crippen LogP contribution in [0.5, 0.6) is 11.5 Å². The zero-order chi connectivity index (χ0) is 20.9. The van der Waals surface area contributed by atoms with Crippen LogP contribution in [0.25, 0.3) is 0 Å². The first-order chi connectivity index (χ1) is 14.0. The van der Waals surface area contributed by atoms with Crippen LogP contribution in [0.1, 0.15) is 30.9 Å². The van der Waals surface area contributed by atoms with Gasteiger partial charge in [0.25, 0.3) is 0 Å². The lowest BCUT2D eigenvalue weighted by Crippen LogP contribution is -2.46. The molecule has 0 bridgehead atoms. The number of carbonyl (C=O) groups is 1. The minimum atomic E-state index is -0.637. The fourth-order valence-corrected chi connectivity index (χ4v) is 4.01. The van der Waals surface area contributed by atoms with E-state index in [4.69, 9.17) is 9.47 Å². The molecule has 0 atom stereocenters. The highest BCUT2D eigenvalue weighted by Gasteiger charge is 2.42. The Bertz CT molecular complexity index is 847. The fraction of sp³-hybridized carbons (Fsp3) is 0.435. The Labute approximate surface area is 171 Å². The van der Waals surface area contributed by atoms with E-state index in [1.165, 1.54) is 19.2 Å². The predicted molar refractivity (Wildman–Crippen MR) is 108 cm³/mol. The van der Waals surface area contributed by atoms with Crippen molar-refractivity contribution in [1.29, 1.82) is 0 Å². The molecular weight excluding hydrogens is 373 g/mol. The zero-order valence-electron chi connectivity index (χ0n) is 17.0. The molecule has 0 saturated carbocycles. The van der Waals surface area contributed by atoms with Crippen molar-refractivity contribution < 1.29 is 23.8 Å². The summed E-state index contributed by atoms with van der Waals surface area (Å²) in [4.78, 5) is 15.1. The van der Waals surface area contributed by atoms with Crippen LogP contribution in [-0.4, -0.2) is 42.8 Å². The van der Waals surface area contributed by atoms with Crippen LogP contribution in [0.2, 0.25) is 0 Å². The van der Waals surface area contributed by atoms with E-state index in [-0.39, 0.29) is 17.5 Å². The number of benzene rings is 2. The largest absolute Gasteiger partial charge is 0.504 e. The number of likely N-dealkylation sites (tertiary alicyclic amines) is 1. The van der Waals surface area contributed by atoms with Crippen LogP contribution in [-0.2, 0) is 22.5 Å². The standard InChI is InChI=1S/C23H28FNO4/c1-3-29-22(27)23(15-17-5-4-6-19(24)13-17)9-11-25(12-10-23)16-18-7-8-21(28-2)20(26)14-18/h4-8,13-14,26H,3,9-12,15-16H2,1-2H3. The van der Waals surface area contributed by atoms with Crippen molar-refractivity contribution in [2.24, 2.45) is 5.41 Å². The molecule has 156 valence electrons.